The van der Waals surface area contributed by atoms with Gasteiger partial charge in [0.1, 0.15) is 0 Å². The lowest BCUT2D eigenvalue weighted by molar-refractivity contribution is -0.149. The van der Waals surface area contributed by atoms with Crippen molar-refractivity contribution in [1.82, 2.24) is 15.5 Å². The van der Waals surface area contributed by atoms with E-state index in [1.165, 1.54) is 6.26 Å². The molecule has 0 radical (unpaired) electrons. The van der Waals surface area contributed by atoms with Crippen molar-refractivity contribution < 1.29 is 18.7 Å². The molecule has 144 valence electrons. The first kappa shape index (κ1) is 19.8. The summed E-state index contributed by atoms with van der Waals surface area (Å²) in [6.07, 6.45) is 3.23. The van der Waals surface area contributed by atoms with E-state index in [0.717, 1.165) is 31.9 Å². The summed E-state index contributed by atoms with van der Waals surface area (Å²) in [4.78, 5) is 30.5. The molecule has 1 aliphatic heterocycles. The molecule has 1 aliphatic rings. The smallest absolute Gasteiger partial charge is 0.310 e. The fourth-order valence-electron chi connectivity index (χ4n) is 2.87. The van der Waals surface area contributed by atoms with Gasteiger partial charge in [0.25, 0.3) is 5.91 Å². The zero-order valence-corrected chi connectivity index (χ0v) is 15.5. The van der Waals surface area contributed by atoms with Crippen LogP contribution in [0, 0.1) is 5.92 Å². The predicted molar refractivity (Wildman–Crippen MR) is 97.9 cm³/mol. The summed E-state index contributed by atoms with van der Waals surface area (Å²) < 4.78 is 10.2. The van der Waals surface area contributed by atoms with Crippen molar-refractivity contribution >= 4 is 17.8 Å². The number of nitrogens with zero attached hydrogens (tertiary/aromatic N) is 2. The van der Waals surface area contributed by atoms with Crippen molar-refractivity contribution in [2.45, 2.75) is 26.7 Å². The molecule has 1 amide bonds. The summed E-state index contributed by atoms with van der Waals surface area (Å²) in [5, 5.41) is 6.02. The first-order chi connectivity index (χ1) is 12.7. The number of likely N-dealkylation sites (tertiary alicyclic amines) is 1. The second-order valence-corrected chi connectivity index (χ2v) is 6.01. The molecule has 1 aromatic heterocycles. The Bertz CT molecular complexity index is 600. The second kappa shape index (κ2) is 10.5. The maximum Gasteiger partial charge on any atom is 0.310 e. The number of carbonyl (C=O) groups excluding carboxylic acids is 2. The van der Waals surface area contributed by atoms with Gasteiger partial charge in [0.15, 0.2) is 11.7 Å². The normalized spacial score (nSPS) is 17.7. The van der Waals surface area contributed by atoms with E-state index in [2.05, 4.69) is 20.5 Å². The Morgan fingerprint density at radius 2 is 2.23 bits per heavy atom. The van der Waals surface area contributed by atoms with Crippen molar-refractivity contribution in [2.75, 3.05) is 39.3 Å². The molecule has 26 heavy (non-hydrogen) atoms. The number of guanidine groups is 1. The largest absolute Gasteiger partial charge is 0.466 e. The second-order valence-electron chi connectivity index (χ2n) is 6.01. The average Bonchev–Trinajstić information content (AvgIpc) is 3.19. The molecule has 1 fully saturated rings. The van der Waals surface area contributed by atoms with Gasteiger partial charge < -0.3 is 24.7 Å². The van der Waals surface area contributed by atoms with Gasteiger partial charge in [-0.3, -0.25) is 14.6 Å². The lowest BCUT2D eigenvalue weighted by Crippen LogP contribution is -2.48. The molecule has 8 heteroatoms. The monoisotopic (exact) mass is 364 g/mol. The Kier molecular flexibility index (Phi) is 7.98. The van der Waals surface area contributed by atoms with E-state index in [4.69, 9.17) is 9.15 Å². The van der Waals surface area contributed by atoms with Gasteiger partial charge in [-0.1, -0.05) is 0 Å². The van der Waals surface area contributed by atoms with E-state index in [-0.39, 0.29) is 23.6 Å². The molecule has 2 N–H and O–H groups in total. The fraction of sp³-hybridized carbons (Fsp3) is 0.611. The number of ether oxygens (including phenoxy) is 1. The Morgan fingerprint density at radius 3 is 2.92 bits per heavy atom. The van der Waals surface area contributed by atoms with Crippen LogP contribution in [0.4, 0.5) is 0 Å². The summed E-state index contributed by atoms with van der Waals surface area (Å²) in [5.41, 5.74) is 0. The van der Waals surface area contributed by atoms with Crippen LogP contribution in [0.5, 0.6) is 0 Å². The number of nitrogens with one attached hydrogen (secondary N) is 2. The number of piperidine rings is 1. The lowest BCUT2D eigenvalue weighted by atomic mass is 9.98. The van der Waals surface area contributed by atoms with Gasteiger partial charge in [0.2, 0.25) is 0 Å². The molecule has 1 atom stereocenters. The van der Waals surface area contributed by atoms with Crippen LogP contribution in [0.15, 0.2) is 27.8 Å². The highest BCUT2D eigenvalue weighted by molar-refractivity contribution is 5.91. The van der Waals surface area contributed by atoms with Crippen molar-refractivity contribution in [2.24, 2.45) is 10.9 Å². The molecule has 2 heterocycles. The quantitative estimate of drug-likeness (QED) is 0.327. The summed E-state index contributed by atoms with van der Waals surface area (Å²) >= 11 is 0. The average molecular weight is 364 g/mol. The number of aliphatic imine (C=N–C) groups is 1. The first-order valence-electron chi connectivity index (χ1n) is 9.17. The van der Waals surface area contributed by atoms with Gasteiger partial charge in [0, 0.05) is 26.2 Å². The predicted octanol–water partition coefficient (Wildman–Crippen LogP) is 1.25. The zero-order chi connectivity index (χ0) is 18.8. The van der Waals surface area contributed by atoms with Crippen molar-refractivity contribution in [3.63, 3.8) is 0 Å². The van der Waals surface area contributed by atoms with Crippen LogP contribution >= 0.6 is 0 Å². The van der Waals surface area contributed by atoms with Crippen LogP contribution in [0.25, 0.3) is 0 Å². The van der Waals surface area contributed by atoms with Crippen molar-refractivity contribution in [3.05, 3.63) is 24.2 Å². The Balaban J connectivity index is 1.86. The first-order valence-corrected chi connectivity index (χ1v) is 9.17. The number of hydrogen-bond acceptors (Lipinski definition) is 5. The number of rotatable bonds is 7. The van der Waals surface area contributed by atoms with Crippen LogP contribution in [0.2, 0.25) is 0 Å². The van der Waals surface area contributed by atoms with Gasteiger partial charge in [-0.2, -0.15) is 0 Å². The van der Waals surface area contributed by atoms with Gasteiger partial charge in [-0.05, 0) is 38.8 Å². The van der Waals surface area contributed by atoms with E-state index in [0.29, 0.717) is 26.2 Å². The van der Waals surface area contributed by atoms with Gasteiger partial charge in [-0.25, -0.2) is 0 Å². The third-order valence-electron chi connectivity index (χ3n) is 4.08. The minimum atomic E-state index is -0.254. The number of amides is 1. The van der Waals surface area contributed by atoms with Crippen molar-refractivity contribution in [1.29, 1.82) is 0 Å². The number of hydrogen-bond donors (Lipinski definition) is 2. The fourth-order valence-corrected chi connectivity index (χ4v) is 2.87. The molecule has 0 aromatic carbocycles. The van der Waals surface area contributed by atoms with E-state index in [1.54, 1.807) is 12.1 Å². The third-order valence-corrected chi connectivity index (χ3v) is 4.08. The maximum absolute atomic E-state index is 12.0. The molecule has 0 bridgehead atoms. The van der Waals surface area contributed by atoms with Crippen LogP contribution in [-0.2, 0) is 9.53 Å². The Labute approximate surface area is 154 Å². The van der Waals surface area contributed by atoms with Crippen LogP contribution in [-0.4, -0.2) is 62.1 Å². The van der Waals surface area contributed by atoms with E-state index < -0.39 is 0 Å². The summed E-state index contributed by atoms with van der Waals surface area (Å²) in [7, 11) is 0. The summed E-state index contributed by atoms with van der Waals surface area (Å²) in [5.74, 6) is 0.531. The minimum Gasteiger partial charge on any atom is -0.466 e. The molecule has 8 nitrogen and oxygen atoms in total. The number of carbonyl (C=O) groups is 2. The third kappa shape index (κ3) is 5.79. The molecule has 0 saturated carbocycles. The van der Waals surface area contributed by atoms with Crippen LogP contribution < -0.4 is 10.6 Å². The molecule has 0 aliphatic carbocycles. The molecule has 1 saturated heterocycles. The topological polar surface area (TPSA) is 96.2 Å². The molecular formula is C18H28N4O4. The number of furan rings is 1. The molecular weight excluding hydrogens is 336 g/mol. The van der Waals surface area contributed by atoms with Crippen LogP contribution in [0.3, 0.4) is 0 Å². The molecule has 2 rings (SSSR count). The van der Waals surface area contributed by atoms with Gasteiger partial charge >= 0.3 is 5.97 Å². The summed E-state index contributed by atoms with van der Waals surface area (Å²) in [6.45, 7) is 7.25. The van der Waals surface area contributed by atoms with E-state index in [9.17, 15) is 9.59 Å². The molecule has 1 unspecified atom stereocenters. The summed E-state index contributed by atoms with van der Waals surface area (Å²) in [6, 6.07) is 3.29. The van der Waals surface area contributed by atoms with Crippen LogP contribution in [0.1, 0.15) is 37.2 Å². The highest BCUT2D eigenvalue weighted by Crippen LogP contribution is 2.18. The SMILES string of the molecule is CCNC(=NCCNC(=O)c1ccco1)N1CCCC(C(=O)OCC)C1. The maximum atomic E-state index is 12.0. The molecule has 1 aromatic rings. The minimum absolute atomic E-state index is 0.119. The Hall–Kier alpha value is -2.51. The molecule has 0 spiro atoms. The highest BCUT2D eigenvalue weighted by Gasteiger charge is 2.28. The van der Waals surface area contributed by atoms with Gasteiger partial charge in [-0.15, -0.1) is 0 Å². The van der Waals surface area contributed by atoms with E-state index in [1.807, 2.05) is 13.8 Å². The van der Waals surface area contributed by atoms with Gasteiger partial charge in [0.05, 0.1) is 25.3 Å². The Morgan fingerprint density at radius 1 is 1.38 bits per heavy atom. The zero-order valence-electron chi connectivity index (χ0n) is 15.5. The van der Waals surface area contributed by atoms with E-state index >= 15 is 0 Å². The highest BCUT2D eigenvalue weighted by atomic mass is 16.5. The standard InChI is InChI=1S/C18H28N4O4/c1-3-19-18(21-10-9-20-16(23)15-8-6-12-26-15)22-11-5-7-14(13-22)17(24)25-4-2/h6,8,12,14H,3-5,7,9-11,13H2,1-2H3,(H,19,21)(H,20,23). The van der Waals surface area contributed by atoms with Crippen molar-refractivity contribution in [3.8, 4) is 0 Å². The lowest BCUT2D eigenvalue weighted by Gasteiger charge is -2.34. The number of esters is 1.